The second-order valence-electron chi connectivity index (χ2n) is 7.48. The number of aromatic nitrogens is 3. The fourth-order valence-electron chi connectivity index (χ4n) is 3.11. The van der Waals surface area contributed by atoms with Gasteiger partial charge in [-0.3, -0.25) is 4.79 Å². The molecular formula is C23H22N6OS2. The largest absolute Gasteiger partial charge is 0.382 e. The molecule has 7 nitrogen and oxygen atoms in total. The molecular weight excluding hydrogens is 440 g/mol. The van der Waals surface area contributed by atoms with Crippen molar-refractivity contribution in [1.82, 2.24) is 19.9 Å². The topological polar surface area (TPSA) is 83.0 Å². The molecule has 0 aliphatic carbocycles. The van der Waals surface area contributed by atoms with Gasteiger partial charge < -0.3 is 15.5 Å². The number of amides is 1. The van der Waals surface area contributed by atoms with Crippen molar-refractivity contribution in [3.8, 4) is 22.9 Å². The number of benzene rings is 1. The van der Waals surface area contributed by atoms with Crippen LogP contribution in [0.2, 0.25) is 0 Å². The van der Waals surface area contributed by atoms with E-state index in [1.54, 1.807) is 30.0 Å². The Balaban J connectivity index is 1.63. The SMILES string of the molecule is C#CCN(C)C(=O)c1csc(-c2cnc(Nc3ccc4ncsc4c3)cc2NC(C)C)n1. The predicted molar refractivity (Wildman–Crippen MR) is 133 cm³/mol. The van der Waals surface area contributed by atoms with Crippen LogP contribution in [-0.4, -0.2) is 45.4 Å². The lowest BCUT2D eigenvalue weighted by atomic mass is 10.2. The van der Waals surface area contributed by atoms with Crippen molar-refractivity contribution in [3.63, 3.8) is 0 Å². The Morgan fingerprint density at radius 3 is 2.88 bits per heavy atom. The first-order valence-electron chi connectivity index (χ1n) is 9.96. The lowest BCUT2D eigenvalue weighted by Gasteiger charge is -2.15. The summed E-state index contributed by atoms with van der Waals surface area (Å²) in [5.74, 6) is 2.98. The molecule has 4 rings (SSSR count). The van der Waals surface area contributed by atoms with Gasteiger partial charge in [0.25, 0.3) is 5.91 Å². The zero-order valence-electron chi connectivity index (χ0n) is 17.9. The van der Waals surface area contributed by atoms with Crippen LogP contribution in [-0.2, 0) is 0 Å². The number of hydrogen-bond donors (Lipinski definition) is 2. The molecule has 0 bridgehead atoms. The standard InChI is InChI=1S/C23H22N6OS2/c1-5-8-29(4)23(30)19-12-31-22(28-19)16-11-24-21(10-18(16)26-14(2)3)27-15-6-7-17-20(9-15)32-13-25-17/h1,6-7,9-14H,8H2,2-4H3,(H2,24,26,27). The lowest BCUT2D eigenvalue weighted by molar-refractivity contribution is 0.0808. The Labute approximate surface area is 194 Å². The lowest BCUT2D eigenvalue weighted by Crippen LogP contribution is -2.27. The van der Waals surface area contributed by atoms with Crippen molar-refractivity contribution in [2.45, 2.75) is 19.9 Å². The highest BCUT2D eigenvalue weighted by atomic mass is 32.1. The number of fused-ring (bicyclic) bond motifs is 1. The Kier molecular flexibility index (Phi) is 6.35. The number of rotatable bonds is 7. The van der Waals surface area contributed by atoms with E-state index in [-0.39, 0.29) is 18.5 Å². The molecule has 0 unspecified atom stereocenters. The highest BCUT2D eigenvalue weighted by Gasteiger charge is 2.18. The number of terminal acetylenes is 1. The van der Waals surface area contributed by atoms with Crippen molar-refractivity contribution in [3.05, 3.63) is 47.0 Å². The molecule has 0 fully saturated rings. The second-order valence-corrected chi connectivity index (χ2v) is 9.22. The molecule has 0 aliphatic rings. The molecule has 0 radical (unpaired) electrons. The summed E-state index contributed by atoms with van der Waals surface area (Å²) in [6, 6.07) is 8.20. The molecule has 0 saturated heterocycles. The summed E-state index contributed by atoms with van der Waals surface area (Å²) in [5, 5.41) is 9.29. The summed E-state index contributed by atoms with van der Waals surface area (Å²) in [6.07, 6.45) is 7.09. The molecule has 2 N–H and O–H groups in total. The molecule has 1 amide bonds. The third kappa shape index (κ3) is 4.72. The summed E-state index contributed by atoms with van der Waals surface area (Å²) in [5.41, 5.74) is 5.86. The summed E-state index contributed by atoms with van der Waals surface area (Å²) >= 11 is 3.00. The van der Waals surface area contributed by atoms with Gasteiger partial charge in [0, 0.05) is 42.1 Å². The van der Waals surface area contributed by atoms with E-state index in [1.807, 2.05) is 23.7 Å². The molecule has 0 aliphatic heterocycles. The monoisotopic (exact) mass is 462 g/mol. The Hall–Kier alpha value is -3.48. The van der Waals surface area contributed by atoms with Crippen LogP contribution in [0.3, 0.4) is 0 Å². The fourth-order valence-corrected chi connectivity index (χ4v) is 4.64. The van der Waals surface area contributed by atoms with Gasteiger partial charge in [-0.05, 0) is 32.0 Å². The van der Waals surface area contributed by atoms with Crippen molar-refractivity contribution in [2.75, 3.05) is 24.2 Å². The third-order valence-corrected chi connectivity index (χ3v) is 6.25. The van der Waals surface area contributed by atoms with Gasteiger partial charge in [0.2, 0.25) is 0 Å². The molecule has 9 heteroatoms. The van der Waals surface area contributed by atoms with Crippen molar-refractivity contribution in [2.24, 2.45) is 0 Å². The smallest absolute Gasteiger partial charge is 0.273 e. The van der Waals surface area contributed by atoms with Crippen molar-refractivity contribution < 1.29 is 4.79 Å². The molecule has 4 aromatic rings. The first-order chi connectivity index (χ1) is 15.4. The number of nitrogens with one attached hydrogen (secondary N) is 2. The van der Waals surface area contributed by atoms with Crippen molar-refractivity contribution >= 4 is 56.0 Å². The normalized spacial score (nSPS) is 10.8. The third-order valence-electron chi connectivity index (χ3n) is 4.58. The van der Waals surface area contributed by atoms with Gasteiger partial charge >= 0.3 is 0 Å². The van der Waals surface area contributed by atoms with Crippen LogP contribution >= 0.6 is 22.7 Å². The highest BCUT2D eigenvalue weighted by molar-refractivity contribution is 7.16. The molecule has 0 saturated carbocycles. The Morgan fingerprint density at radius 2 is 2.09 bits per heavy atom. The first kappa shape index (κ1) is 21.7. The van der Waals surface area contributed by atoms with Gasteiger partial charge in [-0.2, -0.15) is 0 Å². The molecule has 0 atom stereocenters. The zero-order chi connectivity index (χ0) is 22.7. The Morgan fingerprint density at radius 1 is 1.25 bits per heavy atom. The molecule has 3 heterocycles. The van der Waals surface area contributed by atoms with Crippen LogP contribution in [0.1, 0.15) is 24.3 Å². The van der Waals surface area contributed by atoms with Crippen LogP contribution < -0.4 is 10.6 Å². The van der Waals surface area contributed by atoms with E-state index in [4.69, 9.17) is 6.42 Å². The van der Waals surface area contributed by atoms with Crippen LogP contribution in [0.5, 0.6) is 0 Å². The van der Waals surface area contributed by atoms with Gasteiger partial charge in [-0.15, -0.1) is 29.1 Å². The molecule has 3 aromatic heterocycles. The number of nitrogens with zero attached hydrogens (tertiary/aromatic N) is 4. The maximum Gasteiger partial charge on any atom is 0.273 e. The fraction of sp³-hybridized carbons (Fsp3) is 0.217. The van der Waals surface area contributed by atoms with E-state index in [0.29, 0.717) is 11.5 Å². The van der Waals surface area contributed by atoms with Gasteiger partial charge in [0.05, 0.1) is 27.8 Å². The number of carbonyl (C=O) groups is 1. The number of anilines is 3. The minimum Gasteiger partial charge on any atom is -0.382 e. The predicted octanol–water partition coefficient (Wildman–Crippen LogP) is 5.08. The summed E-state index contributed by atoms with van der Waals surface area (Å²) in [7, 11) is 1.67. The summed E-state index contributed by atoms with van der Waals surface area (Å²) in [6.45, 7) is 4.38. The van der Waals surface area contributed by atoms with E-state index in [0.717, 1.165) is 32.2 Å². The van der Waals surface area contributed by atoms with Gasteiger partial charge in [-0.1, -0.05) is 5.92 Å². The van der Waals surface area contributed by atoms with Gasteiger partial charge in [-0.25, -0.2) is 15.0 Å². The number of thiazole rings is 2. The van der Waals surface area contributed by atoms with Crippen LogP contribution in [0.15, 0.2) is 41.4 Å². The van der Waals surface area contributed by atoms with E-state index < -0.39 is 0 Å². The maximum atomic E-state index is 12.5. The number of pyridine rings is 1. The first-order valence-corrected chi connectivity index (χ1v) is 11.7. The average Bonchev–Trinajstić information content (AvgIpc) is 3.42. The number of carbonyl (C=O) groups excluding carboxylic acids is 1. The molecule has 0 spiro atoms. The van der Waals surface area contributed by atoms with Crippen molar-refractivity contribution in [1.29, 1.82) is 0 Å². The summed E-state index contributed by atoms with van der Waals surface area (Å²) < 4.78 is 1.11. The van der Waals surface area contributed by atoms with Crippen LogP contribution in [0.4, 0.5) is 17.2 Å². The van der Waals surface area contributed by atoms with Gasteiger partial charge in [0.1, 0.15) is 16.5 Å². The second kappa shape index (κ2) is 9.34. The quantitative estimate of drug-likeness (QED) is 0.373. The average molecular weight is 463 g/mol. The van der Waals surface area contributed by atoms with Crippen LogP contribution in [0, 0.1) is 12.3 Å². The molecule has 32 heavy (non-hydrogen) atoms. The van der Waals surface area contributed by atoms with E-state index in [9.17, 15) is 4.79 Å². The zero-order valence-corrected chi connectivity index (χ0v) is 19.5. The van der Waals surface area contributed by atoms with Crippen LogP contribution in [0.25, 0.3) is 20.8 Å². The number of hydrogen-bond acceptors (Lipinski definition) is 8. The summed E-state index contributed by atoms with van der Waals surface area (Å²) in [4.78, 5) is 27.4. The highest BCUT2D eigenvalue weighted by Crippen LogP contribution is 2.33. The molecule has 1 aromatic carbocycles. The van der Waals surface area contributed by atoms with Gasteiger partial charge in [0.15, 0.2) is 0 Å². The molecule has 162 valence electrons. The minimum absolute atomic E-state index is 0.200. The van der Waals surface area contributed by atoms with E-state index in [2.05, 4.69) is 51.4 Å². The maximum absolute atomic E-state index is 12.5. The van der Waals surface area contributed by atoms with E-state index >= 15 is 0 Å². The Bertz CT molecular complexity index is 1300. The van der Waals surface area contributed by atoms with E-state index in [1.165, 1.54) is 16.2 Å². The minimum atomic E-state index is -0.200.